The molecule has 0 amide bonds. The first kappa shape index (κ1) is 15.2. The third-order valence-electron chi connectivity index (χ3n) is 3.77. The Morgan fingerprint density at radius 1 is 1.22 bits per heavy atom. The summed E-state index contributed by atoms with van der Waals surface area (Å²) in [6.07, 6.45) is 4.82. The van der Waals surface area contributed by atoms with E-state index in [9.17, 15) is 4.79 Å². The molecule has 3 heteroatoms. The topological polar surface area (TPSA) is 43.1 Å². The van der Waals surface area contributed by atoms with Crippen LogP contribution in [0.4, 0.5) is 0 Å². The van der Waals surface area contributed by atoms with Gasteiger partial charge >= 0.3 is 0 Å². The summed E-state index contributed by atoms with van der Waals surface area (Å²) in [6.45, 7) is 0.760. The van der Waals surface area contributed by atoms with Crippen LogP contribution in [-0.4, -0.2) is 12.3 Å². The maximum atomic E-state index is 11.9. The van der Waals surface area contributed by atoms with Gasteiger partial charge in [0.1, 0.15) is 5.78 Å². The highest BCUT2D eigenvalue weighted by atomic mass is 35.5. The Balaban J connectivity index is 0.00000162. The van der Waals surface area contributed by atoms with Crippen molar-refractivity contribution in [3.63, 3.8) is 0 Å². The number of carbonyl (C=O) groups is 1. The molecule has 0 unspecified atom stereocenters. The fraction of sp³-hybridized carbons (Fsp3) is 0.533. The zero-order valence-electron chi connectivity index (χ0n) is 10.7. The lowest BCUT2D eigenvalue weighted by Gasteiger charge is -2.34. The van der Waals surface area contributed by atoms with Gasteiger partial charge in [-0.1, -0.05) is 30.3 Å². The van der Waals surface area contributed by atoms with Gasteiger partial charge < -0.3 is 5.73 Å². The quantitative estimate of drug-likeness (QED) is 0.861. The van der Waals surface area contributed by atoms with Crippen LogP contribution in [0.2, 0.25) is 0 Å². The molecule has 2 N–H and O–H groups in total. The summed E-state index contributed by atoms with van der Waals surface area (Å²) in [7, 11) is 0. The van der Waals surface area contributed by atoms with Gasteiger partial charge in [-0.3, -0.25) is 4.79 Å². The SMILES string of the molecule is Cl.NCCC1CC(C(=O)CCc2ccccc2)C1. The lowest BCUT2D eigenvalue weighted by molar-refractivity contribution is -0.126. The van der Waals surface area contributed by atoms with E-state index in [2.05, 4.69) is 12.1 Å². The Kier molecular flexibility index (Phi) is 6.37. The zero-order chi connectivity index (χ0) is 12.1. The number of Topliss-reactive ketones (excluding diaryl/α,β-unsaturated/α-hetero) is 1. The summed E-state index contributed by atoms with van der Waals surface area (Å²) in [4.78, 5) is 11.9. The lowest BCUT2D eigenvalue weighted by atomic mass is 9.70. The van der Waals surface area contributed by atoms with Crippen LogP contribution < -0.4 is 5.73 Å². The molecule has 0 aromatic heterocycles. The fourth-order valence-electron chi connectivity index (χ4n) is 2.59. The first-order valence-electron chi connectivity index (χ1n) is 6.56. The number of hydrogen-bond donors (Lipinski definition) is 1. The van der Waals surface area contributed by atoms with Crippen LogP contribution >= 0.6 is 12.4 Å². The minimum atomic E-state index is 0. The molecule has 0 radical (unpaired) electrons. The molecule has 0 spiro atoms. The van der Waals surface area contributed by atoms with Gasteiger partial charge in [0.2, 0.25) is 0 Å². The number of benzene rings is 1. The Morgan fingerprint density at radius 2 is 1.89 bits per heavy atom. The van der Waals surface area contributed by atoms with Gasteiger partial charge in [-0.15, -0.1) is 12.4 Å². The monoisotopic (exact) mass is 267 g/mol. The van der Waals surface area contributed by atoms with Gasteiger partial charge in [0.25, 0.3) is 0 Å². The highest BCUT2D eigenvalue weighted by molar-refractivity contribution is 5.85. The summed E-state index contributed by atoms with van der Waals surface area (Å²) in [5.41, 5.74) is 6.77. The minimum absolute atomic E-state index is 0. The van der Waals surface area contributed by atoms with E-state index in [4.69, 9.17) is 5.73 Å². The second-order valence-electron chi connectivity index (χ2n) is 5.06. The van der Waals surface area contributed by atoms with E-state index >= 15 is 0 Å². The third kappa shape index (κ3) is 4.11. The van der Waals surface area contributed by atoms with Crippen molar-refractivity contribution in [2.24, 2.45) is 17.6 Å². The van der Waals surface area contributed by atoms with Crippen molar-refractivity contribution in [2.45, 2.75) is 32.1 Å². The van der Waals surface area contributed by atoms with Crippen LogP contribution in [0, 0.1) is 11.8 Å². The smallest absolute Gasteiger partial charge is 0.136 e. The molecule has 1 aromatic rings. The zero-order valence-corrected chi connectivity index (χ0v) is 11.5. The molecule has 2 rings (SSSR count). The summed E-state index contributed by atoms with van der Waals surface area (Å²) in [6, 6.07) is 10.2. The van der Waals surface area contributed by atoms with E-state index < -0.39 is 0 Å². The third-order valence-corrected chi connectivity index (χ3v) is 3.77. The van der Waals surface area contributed by atoms with E-state index in [1.54, 1.807) is 0 Å². The van der Waals surface area contributed by atoms with E-state index in [1.165, 1.54) is 5.56 Å². The first-order valence-corrected chi connectivity index (χ1v) is 6.56. The minimum Gasteiger partial charge on any atom is -0.330 e. The summed E-state index contributed by atoms with van der Waals surface area (Å²) in [5, 5.41) is 0. The van der Waals surface area contributed by atoms with Gasteiger partial charge in [-0.05, 0) is 43.7 Å². The Hall–Kier alpha value is -0.860. The number of hydrogen-bond acceptors (Lipinski definition) is 2. The van der Waals surface area contributed by atoms with Gasteiger partial charge in [0.15, 0.2) is 0 Å². The van der Waals surface area contributed by atoms with Crippen LogP contribution in [0.1, 0.15) is 31.2 Å². The standard InChI is InChI=1S/C15H21NO.ClH/c16-9-8-13-10-14(11-13)15(17)7-6-12-4-2-1-3-5-12;/h1-5,13-14H,6-11,16H2;1H. The lowest BCUT2D eigenvalue weighted by Crippen LogP contribution is -2.31. The molecule has 0 heterocycles. The maximum absolute atomic E-state index is 11.9. The van der Waals surface area contributed by atoms with Gasteiger partial charge in [-0.25, -0.2) is 0 Å². The molecule has 1 aromatic carbocycles. The molecule has 1 aliphatic carbocycles. The van der Waals surface area contributed by atoms with E-state index in [-0.39, 0.29) is 12.4 Å². The molecule has 100 valence electrons. The maximum Gasteiger partial charge on any atom is 0.136 e. The Morgan fingerprint density at radius 3 is 2.50 bits per heavy atom. The van der Waals surface area contributed by atoms with Crippen molar-refractivity contribution < 1.29 is 4.79 Å². The van der Waals surface area contributed by atoms with E-state index in [1.807, 2.05) is 18.2 Å². The van der Waals surface area contributed by atoms with E-state index in [0.717, 1.165) is 32.2 Å². The van der Waals surface area contributed by atoms with Crippen LogP contribution in [0.25, 0.3) is 0 Å². The molecule has 18 heavy (non-hydrogen) atoms. The average Bonchev–Trinajstić information content (AvgIpc) is 2.31. The number of carbonyl (C=O) groups excluding carboxylic acids is 1. The predicted molar refractivity (Wildman–Crippen MR) is 76.9 cm³/mol. The highest BCUT2D eigenvalue weighted by Gasteiger charge is 2.32. The van der Waals surface area contributed by atoms with Gasteiger partial charge in [0.05, 0.1) is 0 Å². The Labute approximate surface area is 115 Å². The molecule has 0 atom stereocenters. The second kappa shape index (κ2) is 7.55. The summed E-state index contributed by atoms with van der Waals surface area (Å²) < 4.78 is 0. The second-order valence-corrected chi connectivity index (χ2v) is 5.06. The van der Waals surface area contributed by atoms with Crippen LogP contribution in [0.5, 0.6) is 0 Å². The van der Waals surface area contributed by atoms with Crippen molar-refractivity contribution in [3.05, 3.63) is 35.9 Å². The predicted octanol–water partition coefficient (Wildman–Crippen LogP) is 2.99. The molecule has 1 fully saturated rings. The summed E-state index contributed by atoms with van der Waals surface area (Å²) >= 11 is 0. The van der Waals surface area contributed by atoms with Gasteiger partial charge in [-0.2, -0.15) is 0 Å². The molecule has 2 nitrogen and oxygen atoms in total. The molecule has 0 bridgehead atoms. The first-order chi connectivity index (χ1) is 8.29. The number of halogens is 1. The van der Waals surface area contributed by atoms with Crippen molar-refractivity contribution in [3.8, 4) is 0 Å². The number of rotatable bonds is 6. The van der Waals surface area contributed by atoms with Crippen molar-refractivity contribution in [1.82, 2.24) is 0 Å². The number of nitrogens with two attached hydrogens (primary N) is 1. The average molecular weight is 268 g/mol. The Bertz CT molecular complexity index is 360. The molecular formula is C15H22ClNO. The van der Waals surface area contributed by atoms with Crippen LogP contribution in [-0.2, 0) is 11.2 Å². The fourth-order valence-corrected chi connectivity index (χ4v) is 2.59. The number of aryl methyl sites for hydroxylation is 1. The van der Waals surface area contributed by atoms with Gasteiger partial charge in [0, 0.05) is 12.3 Å². The molecular weight excluding hydrogens is 246 g/mol. The number of ketones is 1. The molecule has 0 saturated heterocycles. The van der Waals surface area contributed by atoms with Crippen molar-refractivity contribution in [2.75, 3.05) is 6.54 Å². The molecule has 0 aliphatic heterocycles. The summed E-state index contributed by atoms with van der Waals surface area (Å²) in [5.74, 6) is 1.49. The molecule has 1 saturated carbocycles. The van der Waals surface area contributed by atoms with Crippen molar-refractivity contribution >= 4 is 18.2 Å². The van der Waals surface area contributed by atoms with Crippen LogP contribution in [0.3, 0.4) is 0 Å². The highest BCUT2D eigenvalue weighted by Crippen LogP contribution is 2.37. The van der Waals surface area contributed by atoms with Crippen molar-refractivity contribution in [1.29, 1.82) is 0 Å². The van der Waals surface area contributed by atoms with E-state index in [0.29, 0.717) is 24.0 Å². The largest absolute Gasteiger partial charge is 0.330 e. The normalized spacial score (nSPS) is 21.8. The van der Waals surface area contributed by atoms with Crippen LogP contribution in [0.15, 0.2) is 30.3 Å². The molecule has 1 aliphatic rings.